The maximum absolute atomic E-state index is 12.4. The largest absolute Gasteiger partial charge is 0.332 e. The van der Waals surface area contributed by atoms with Crippen molar-refractivity contribution in [2.24, 2.45) is 0 Å². The van der Waals surface area contributed by atoms with E-state index in [1.54, 1.807) is 24.3 Å². The van der Waals surface area contributed by atoms with Crippen molar-refractivity contribution >= 4 is 73.5 Å². The first-order valence-corrected chi connectivity index (χ1v) is 8.57. The Balaban J connectivity index is 1.75. The van der Waals surface area contributed by atoms with Crippen molar-refractivity contribution in [2.45, 2.75) is 0 Å². The topological polar surface area (TPSA) is 41.1 Å². The third-order valence-electron chi connectivity index (χ3n) is 3.05. The summed E-state index contributed by atoms with van der Waals surface area (Å²) < 4.78 is 0.955. The van der Waals surface area contributed by atoms with Gasteiger partial charge in [-0.3, -0.25) is 10.1 Å². The van der Waals surface area contributed by atoms with Crippen molar-refractivity contribution in [3.63, 3.8) is 0 Å². The molecule has 0 aliphatic heterocycles. The molecule has 1 aromatic heterocycles. The summed E-state index contributed by atoms with van der Waals surface area (Å²) in [6.45, 7) is 0. The predicted molar refractivity (Wildman–Crippen MR) is 102 cm³/mol. The van der Waals surface area contributed by atoms with Crippen molar-refractivity contribution in [3.8, 4) is 0 Å². The van der Waals surface area contributed by atoms with Crippen LogP contribution in [0.5, 0.6) is 0 Å². The lowest BCUT2D eigenvalue weighted by Crippen LogP contribution is -2.33. The number of benzene rings is 2. The fourth-order valence-corrected chi connectivity index (χ4v) is 3.86. The minimum absolute atomic E-state index is 0.186. The highest BCUT2D eigenvalue weighted by molar-refractivity contribution is 7.80. The molecule has 0 radical (unpaired) electrons. The van der Waals surface area contributed by atoms with E-state index in [2.05, 4.69) is 10.6 Å². The molecule has 1 heterocycles. The lowest BCUT2D eigenvalue weighted by Gasteiger charge is -2.09. The molecule has 3 nitrogen and oxygen atoms in total. The summed E-state index contributed by atoms with van der Waals surface area (Å²) >= 11 is 18.7. The quantitative estimate of drug-likeness (QED) is 0.589. The monoisotopic (exact) mass is 380 g/mol. The second-order valence-electron chi connectivity index (χ2n) is 4.66. The standard InChI is InChI=1S/C16H10Cl2N2OS2/c17-9-4-3-5-10(8-9)19-16(22)20-15(21)14-13(18)11-6-1-2-7-12(11)23-14/h1-8H,(H2,19,20,21,22). The molecule has 1 amide bonds. The normalized spacial score (nSPS) is 10.5. The number of thiocarbonyl (C=S) groups is 1. The molecule has 0 fully saturated rings. The lowest BCUT2D eigenvalue weighted by molar-refractivity contribution is 0.0982. The summed E-state index contributed by atoms with van der Waals surface area (Å²) in [6.07, 6.45) is 0. The molecule has 0 aliphatic rings. The maximum Gasteiger partial charge on any atom is 0.269 e. The van der Waals surface area contributed by atoms with Crippen LogP contribution >= 0.6 is 46.8 Å². The molecule has 2 aromatic carbocycles. The van der Waals surface area contributed by atoms with Crippen LogP contribution in [0.4, 0.5) is 5.69 Å². The van der Waals surface area contributed by atoms with Gasteiger partial charge in [0.1, 0.15) is 4.88 Å². The number of amides is 1. The van der Waals surface area contributed by atoms with Crippen molar-refractivity contribution in [1.29, 1.82) is 0 Å². The Labute approximate surface area is 152 Å². The van der Waals surface area contributed by atoms with Gasteiger partial charge in [-0.2, -0.15) is 0 Å². The summed E-state index contributed by atoms with van der Waals surface area (Å²) in [5.41, 5.74) is 0.699. The molecular weight excluding hydrogens is 371 g/mol. The van der Waals surface area contributed by atoms with Gasteiger partial charge in [0.2, 0.25) is 0 Å². The summed E-state index contributed by atoms with van der Waals surface area (Å²) in [5.74, 6) is -0.337. The maximum atomic E-state index is 12.4. The molecule has 0 saturated carbocycles. The second kappa shape index (κ2) is 6.84. The van der Waals surface area contributed by atoms with E-state index < -0.39 is 0 Å². The number of carbonyl (C=O) groups is 1. The van der Waals surface area contributed by atoms with Crippen LogP contribution in [0, 0.1) is 0 Å². The van der Waals surface area contributed by atoms with E-state index in [9.17, 15) is 4.79 Å². The Bertz CT molecular complexity index is 908. The van der Waals surface area contributed by atoms with E-state index in [-0.39, 0.29) is 11.0 Å². The highest BCUT2D eigenvalue weighted by Crippen LogP contribution is 2.34. The smallest absolute Gasteiger partial charge is 0.269 e. The number of anilines is 1. The van der Waals surface area contributed by atoms with E-state index in [0.717, 1.165) is 10.1 Å². The Kier molecular flexibility index (Phi) is 4.82. The zero-order chi connectivity index (χ0) is 16.4. The third kappa shape index (κ3) is 3.64. The van der Waals surface area contributed by atoms with Crippen LogP contribution < -0.4 is 10.6 Å². The first-order valence-electron chi connectivity index (χ1n) is 6.59. The van der Waals surface area contributed by atoms with Crippen LogP contribution in [0.2, 0.25) is 10.0 Å². The molecule has 0 spiro atoms. The Morgan fingerprint density at radius 2 is 1.87 bits per heavy atom. The molecule has 3 rings (SSSR count). The van der Waals surface area contributed by atoms with Gasteiger partial charge >= 0.3 is 0 Å². The van der Waals surface area contributed by atoms with Crippen molar-refractivity contribution in [3.05, 3.63) is 63.5 Å². The third-order valence-corrected chi connectivity index (χ3v) is 5.16. The van der Waals surface area contributed by atoms with Crippen molar-refractivity contribution in [1.82, 2.24) is 5.32 Å². The molecular formula is C16H10Cl2N2OS2. The number of fused-ring (bicyclic) bond motifs is 1. The van der Waals surface area contributed by atoms with Gasteiger partial charge in [0.05, 0.1) is 5.02 Å². The Morgan fingerprint density at radius 1 is 1.09 bits per heavy atom. The van der Waals surface area contributed by atoms with Gasteiger partial charge in [-0.05, 0) is 36.5 Å². The van der Waals surface area contributed by atoms with Gasteiger partial charge in [-0.25, -0.2) is 0 Å². The van der Waals surface area contributed by atoms with Crippen LogP contribution in [0.15, 0.2) is 48.5 Å². The zero-order valence-corrected chi connectivity index (χ0v) is 14.7. The number of rotatable bonds is 2. The number of thiophene rings is 1. The van der Waals surface area contributed by atoms with Gasteiger partial charge < -0.3 is 5.32 Å². The van der Waals surface area contributed by atoms with Crippen LogP contribution in [0.3, 0.4) is 0 Å². The van der Waals surface area contributed by atoms with Crippen molar-refractivity contribution < 1.29 is 4.79 Å². The van der Waals surface area contributed by atoms with Crippen molar-refractivity contribution in [2.75, 3.05) is 5.32 Å². The van der Waals surface area contributed by atoms with E-state index >= 15 is 0 Å². The van der Waals surface area contributed by atoms with E-state index in [0.29, 0.717) is 20.6 Å². The van der Waals surface area contributed by atoms with Gasteiger partial charge in [0.25, 0.3) is 5.91 Å². The van der Waals surface area contributed by atoms with Gasteiger partial charge in [-0.15, -0.1) is 11.3 Å². The molecule has 23 heavy (non-hydrogen) atoms. The SMILES string of the molecule is O=C(NC(=S)Nc1cccc(Cl)c1)c1sc2ccccc2c1Cl. The number of nitrogens with one attached hydrogen (secondary N) is 2. The Morgan fingerprint density at radius 3 is 2.61 bits per heavy atom. The van der Waals surface area contributed by atoms with E-state index in [1.807, 2.05) is 24.3 Å². The number of carbonyl (C=O) groups excluding carboxylic acids is 1. The van der Waals surface area contributed by atoms with Gasteiger partial charge in [0.15, 0.2) is 5.11 Å². The molecule has 0 bridgehead atoms. The number of hydrogen-bond acceptors (Lipinski definition) is 3. The Hall–Kier alpha value is -1.66. The van der Waals surface area contributed by atoms with Crippen LogP contribution in [0.25, 0.3) is 10.1 Å². The molecule has 2 N–H and O–H groups in total. The highest BCUT2D eigenvalue weighted by Gasteiger charge is 2.17. The predicted octanol–water partition coefficient (Wildman–Crippen LogP) is 5.33. The highest BCUT2D eigenvalue weighted by atomic mass is 35.5. The molecule has 3 aromatic rings. The average molecular weight is 381 g/mol. The minimum Gasteiger partial charge on any atom is -0.332 e. The van der Waals surface area contributed by atoms with Crippen LogP contribution in [-0.4, -0.2) is 11.0 Å². The summed E-state index contributed by atoms with van der Waals surface area (Å²) in [6, 6.07) is 14.7. The first-order chi connectivity index (χ1) is 11.0. The molecule has 116 valence electrons. The fourth-order valence-electron chi connectivity index (χ4n) is 2.05. The number of hydrogen-bond donors (Lipinski definition) is 2. The number of halogens is 2. The molecule has 0 aliphatic carbocycles. The minimum atomic E-state index is -0.337. The molecule has 7 heteroatoms. The molecule has 0 unspecified atom stereocenters. The zero-order valence-electron chi connectivity index (χ0n) is 11.6. The van der Waals surface area contributed by atoms with E-state index in [4.69, 9.17) is 35.4 Å². The average Bonchev–Trinajstić information content (AvgIpc) is 2.85. The molecule has 0 saturated heterocycles. The second-order valence-corrected chi connectivity index (χ2v) is 6.93. The lowest BCUT2D eigenvalue weighted by atomic mass is 10.2. The van der Waals surface area contributed by atoms with E-state index in [1.165, 1.54) is 11.3 Å². The first kappa shape index (κ1) is 16.2. The van der Waals surface area contributed by atoms with Crippen LogP contribution in [-0.2, 0) is 0 Å². The van der Waals surface area contributed by atoms with Crippen LogP contribution in [0.1, 0.15) is 9.67 Å². The molecule has 0 atom stereocenters. The summed E-state index contributed by atoms with van der Waals surface area (Å²) in [7, 11) is 0. The summed E-state index contributed by atoms with van der Waals surface area (Å²) in [4.78, 5) is 12.8. The van der Waals surface area contributed by atoms with Gasteiger partial charge in [-0.1, -0.05) is 47.5 Å². The fraction of sp³-hybridized carbons (Fsp3) is 0. The summed E-state index contributed by atoms with van der Waals surface area (Å²) in [5, 5.41) is 7.61. The van der Waals surface area contributed by atoms with Gasteiger partial charge in [0, 0.05) is 20.8 Å².